The van der Waals surface area contributed by atoms with Crippen LogP contribution < -0.4 is 10.5 Å². The van der Waals surface area contributed by atoms with Crippen LogP contribution in [-0.2, 0) is 6.61 Å². The number of hydrogen-bond donors (Lipinski definition) is 1. The Balaban J connectivity index is 2.15. The molecule has 4 heteroatoms. The van der Waals surface area contributed by atoms with Crippen molar-refractivity contribution in [3.05, 3.63) is 64.7 Å². The molecular weight excluding hydrogens is 260 g/mol. The predicted octanol–water partition coefficient (Wildman–Crippen LogP) is 3.87. The van der Waals surface area contributed by atoms with Crippen LogP contribution in [0.5, 0.6) is 5.75 Å². The minimum atomic E-state index is -0.602. The normalized spacial score (nSPS) is 12.2. The highest BCUT2D eigenvalue weighted by atomic mass is 19.1. The fourth-order valence-electron chi connectivity index (χ4n) is 1.94. The molecule has 0 aliphatic heterocycles. The van der Waals surface area contributed by atoms with E-state index in [0.717, 1.165) is 11.1 Å². The number of nitrogens with two attached hydrogens (primary N) is 1. The molecular formula is C16H17F2NO. The van der Waals surface area contributed by atoms with E-state index in [2.05, 4.69) is 0 Å². The third-order valence-corrected chi connectivity index (χ3v) is 3.16. The van der Waals surface area contributed by atoms with Gasteiger partial charge >= 0.3 is 0 Å². The van der Waals surface area contributed by atoms with E-state index in [9.17, 15) is 8.78 Å². The number of benzene rings is 2. The summed E-state index contributed by atoms with van der Waals surface area (Å²) in [5.74, 6) is -0.609. The third kappa shape index (κ3) is 3.14. The molecule has 2 nitrogen and oxygen atoms in total. The van der Waals surface area contributed by atoms with Crippen molar-refractivity contribution >= 4 is 0 Å². The van der Waals surface area contributed by atoms with Crippen LogP contribution >= 0.6 is 0 Å². The average Bonchev–Trinajstić information content (AvgIpc) is 2.39. The quantitative estimate of drug-likeness (QED) is 0.920. The second kappa shape index (κ2) is 6.01. The van der Waals surface area contributed by atoms with Gasteiger partial charge in [-0.2, -0.15) is 0 Å². The SMILES string of the molecule is Cc1cc([C@H](C)N)ccc1OCc1c(F)cccc1F. The lowest BCUT2D eigenvalue weighted by Crippen LogP contribution is -2.06. The maximum atomic E-state index is 13.5. The van der Waals surface area contributed by atoms with Crippen LogP contribution in [0.2, 0.25) is 0 Å². The van der Waals surface area contributed by atoms with E-state index < -0.39 is 11.6 Å². The summed E-state index contributed by atoms with van der Waals surface area (Å²) in [4.78, 5) is 0. The lowest BCUT2D eigenvalue weighted by molar-refractivity contribution is 0.290. The maximum Gasteiger partial charge on any atom is 0.132 e. The molecule has 106 valence electrons. The first-order chi connectivity index (χ1) is 9.49. The molecule has 0 fully saturated rings. The van der Waals surface area contributed by atoms with Crippen LogP contribution in [0.1, 0.15) is 29.7 Å². The molecule has 0 saturated heterocycles. The summed E-state index contributed by atoms with van der Waals surface area (Å²) < 4.78 is 32.5. The molecule has 0 saturated carbocycles. The van der Waals surface area contributed by atoms with Crippen LogP contribution in [0.3, 0.4) is 0 Å². The Labute approximate surface area is 117 Å². The predicted molar refractivity (Wildman–Crippen MR) is 74.5 cm³/mol. The van der Waals surface area contributed by atoms with Gasteiger partial charge < -0.3 is 10.5 Å². The Bertz CT molecular complexity index is 591. The highest BCUT2D eigenvalue weighted by Crippen LogP contribution is 2.23. The van der Waals surface area contributed by atoms with Crippen molar-refractivity contribution in [2.24, 2.45) is 5.73 Å². The molecule has 2 aromatic carbocycles. The number of rotatable bonds is 4. The van der Waals surface area contributed by atoms with Gasteiger partial charge in [-0.1, -0.05) is 18.2 Å². The monoisotopic (exact) mass is 277 g/mol. The fraction of sp³-hybridized carbons (Fsp3) is 0.250. The average molecular weight is 277 g/mol. The van der Waals surface area contributed by atoms with Crippen molar-refractivity contribution in [3.8, 4) is 5.75 Å². The molecule has 0 amide bonds. The molecule has 2 rings (SSSR count). The van der Waals surface area contributed by atoms with Gasteiger partial charge in [-0.3, -0.25) is 0 Å². The minimum absolute atomic E-state index is 0.0632. The molecule has 0 unspecified atom stereocenters. The minimum Gasteiger partial charge on any atom is -0.488 e. The van der Waals surface area contributed by atoms with Crippen molar-refractivity contribution < 1.29 is 13.5 Å². The summed E-state index contributed by atoms with van der Waals surface area (Å²) in [5, 5.41) is 0. The zero-order valence-corrected chi connectivity index (χ0v) is 11.5. The Morgan fingerprint density at radius 1 is 1.15 bits per heavy atom. The highest BCUT2D eigenvalue weighted by Gasteiger charge is 2.10. The molecule has 0 radical (unpaired) electrons. The van der Waals surface area contributed by atoms with E-state index in [1.807, 2.05) is 26.0 Å². The third-order valence-electron chi connectivity index (χ3n) is 3.16. The number of hydrogen-bond acceptors (Lipinski definition) is 2. The van der Waals surface area contributed by atoms with Gasteiger partial charge in [-0.05, 0) is 43.2 Å². The fourth-order valence-corrected chi connectivity index (χ4v) is 1.94. The zero-order chi connectivity index (χ0) is 14.7. The number of aryl methyl sites for hydroxylation is 1. The molecule has 0 spiro atoms. The smallest absolute Gasteiger partial charge is 0.132 e. The van der Waals surface area contributed by atoms with E-state index >= 15 is 0 Å². The molecule has 0 bridgehead atoms. The molecule has 0 heterocycles. The molecule has 20 heavy (non-hydrogen) atoms. The maximum absolute atomic E-state index is 13.5. The largest absolute Gasteiger partial charge is 0.488 e. The van der Waals surface area contributed by atoms with E-state index in [0.29, 0.717) is 5.75 Å². The standard InChI is InChI=1S/C16H17F2NO/c1-10-8-12(11(2)19)6-7-16(10)20-9-13-14(17)4-3-5-15(13)18/h3-8,11H,9,19H2,1-2H3/t11-/m0/s1. The van der Waals surface area contributed by atoms with Gasteiger partial charge in [0.25, 0.3) is 0 Å². The van der Waals surface area contributed by atoms with Crippen molar-refractivity contribution in [3.63, 3.8) is 0 Å². The van der Waals surface area contributed by atoms with Crippen molar-refractivity contribution in [2.75, 3.05) is 0 Å². The van der Waals surface area contributed by atoms with Gasteiger partial charge in [0.1, 0.15) is 24.0 Å². The molecule has 0 aromatic heterocycles. The van der Waals surface area contributed by atoms with E-state index in [1.54, 1.807) is 6.07 Å². The topological polar surface area (TPSA) is 35.2 Å². The Morgan fingerprint density at radius 2 is 1.80 bits per heavy atom. The van der Waals surface area contributed by atoms with Crippen LogP contribution in [0.15, 0.2) is 36.4 Å². The summed E-state index contributed by atoms with van der Waals surface area (Å²) >= 11 is 0. The molecule has 1 atom stereocenters. The first-order valence-corrected chi connectivity index (χ1v) is 6.41. The van der Waals surface area contributed by atoms with Crippen LogP contribution in [0.25, 0.3) is 0 Å². The van der Waals surface area contributed by atoms with Gasteiger partial charge in [0.15, 0.2) is 0 Å². The molecule has 2 N–H and O–H groups in total. The summed E-state index contributed by atoms with van der Waals surface area (Å²) in [6.45, 7) is 3.62. The van der Waals surface area contributed by atoms with E-state index in [4.69, 9.17) is 10.5 Å². The van der Waals surface area contributed by atoms with Gasteiger partial charge in [-0.15, -0.1) is 0 Å². The Hall–Kier alpha value is -1.94. The second-order valence-corrected chi connectivity index (χ2v) is 4.80. The summed E-state index contributed by atoms with van der Waals surface area (Å²) in [7, 11) is 0. The van der Waals surface area contributed by atoms with Gasteiger partial charge in [0.05, 0.1) is 5.56 Å². The lowest BCUT2D eigenvalue weighted by Gasteiger charge is -2.13. The van der Waals surface area contributed by atoms with Crippen LogP contribution in [-0.4, -0.2) is 0 Å². The van der Waals surface area contributed by atoms with E-state index in [1.165, 1.54) is 18.2 Å². The second-order valence-electron chi connectivity index (χ2n) is 4.80. The van der Waals surface area contributed by atoms with Gasteiger partial charge in [0.2, 0.25) is 0 Å². The first-order valence-electron chi connectivity index (χ1n) is 6.41. The summed E-state index contributed by atoms with van der Waals surface area (Å²) in [5.41, 5.74) is 7.61. The van der Waals surface area contributed by atoms with Crippen LogP contribution in [0, 0.1) is 18.6 Å². The molecule has 0 aliphatic rings. The Kier molecular flexibility index (Phi) is 4.35. The number of ether oxygens (including phenoxy) is 1. The molecule has 2 aromatic rings. The lowest BCUT2D eigenvalue weighted by atomic mass is 10.1. The molecule has 0 aliphatic carbocycles. The van der Waals surface area contributed by atoms with Crippen LogP contribution in [0.4, 0.5) is 8.78 Å². The van der Waals surface area contributed by atoms with E-state index in [-0.39, 0.29) is 18.2 Å². The highest BCUT2D eigenvalue weighted by molar-refractivity contribution is 5.37. The van der Waals surface area contributed by atoms with Crippen molar-refractivity contribution in [2.45, 2.75) is 26.5 Å². The first kappa shape index (κ1) is 14.5. The Morgan fingerprint density at radius 3 is 2.35 bits per heavy atom. The summed E-state index contributed by atoms with van der Waals surface area (Å²) in [6, 6.07) is 9.24. The van der Waals surface area contributed by atoms with Crippen molar-refractivity contribution in [1.82, 2.24) is 0 Å². The van der Waals surface area contributed by atoms with Crippen molar-refractivity contribution in [1.29, 1.82) is 0 Å². The van der Waals surface area contributed by atoms with Gasteiger partial charge in [-0.25, -0.2) is 8.78 Å². The zero-order valence-electron chi connectivity index (χ0n) is 11.5. The number of halogens is 2. The summed E-state index contributed by atoms with van der Waals surface area (Å²) in [6.07, 6.45) is 0. The van der Waals surface area contributed by atoms with Gasteiger partial charge in [0, 0.05) is 6.04 Å².